The van der Waals surface area contributed by atoms with Crippen molar-refractivity contribution in [2.45, 2.75) is 26.9 Å². The van der Waals surface area contributed by atoms with Crippen LogP contribution in [0.2, 0.25) is 0 Å². The molecule has 82 valence electrons. The lowest BCUT2D eigenvalue weighted by molar-refractivity contribution is -0.149. The van der Waals surface area contributed by atoms with Crippen LogP contribution in [0.15, 0.2) is 24.3 Å². The summed E-state index contributed by atoms with van der Waals surface area (Å²) < 4.78 is 10.3. The minimum Gasteiger partial charge on any atom is -0.482 e. The van der Waals surface area contributed by atoms with Crippen LogP contribution in [0.5, 0.6) is 5.75 Å². The summed E-state index contributed by atoms with van der Waals surface area (Å²) in [5, 5.41) is 0. The summed E-state index contributed by atoms with van der Waals surface area (Å²) in [5.74, 6) is 0.381. The zero-order valence-corrected chi connectivity index (χ0v) is 9.32. The maximum atomic E-state index is 11.2. The standard InChI is InChI=1S/C12H16O3/c1-9(2)15-12(13)8-14-11-7-5-4-6-10(11)3/h4-7,9H,8H2,1-3H3. The Morgan fingerprint density at radius 1 is 1.33 bits per heavy atom. The molecule has 0 radical (unpaired) electrons. The van der Waals surface area contributed by atoms with Crippen molar-refractivity contribution in [3.8, 4) is 5.75 Å². The van der Waals surface area contributed by atoms with Crippen LogP contribution in [-0.4, -0.2) is 18.7 Å². The van der Waals surface area contributed by atoms with Crippen LogP contribution in [0.3, 0.4) is 0 Å². The highest BCUT2D eigenvalue weighted by Crippen LogP contribution is 2.15. The Hall–Kier alpha value is -1.51. The van der Waals surface area contributed by atoms with E-state index < -0.39 is 0 Å². The Kier molecular flexibility index (Phi) is 4.16. The second-order valence-corrected chi connectivity index (χ2v) is 3.59. The minimum absolute atomic E-state index is 0.0387. The number of aryl methyl sites for hydroxylation is 1. The largest absolute Gasteiger partial charge is 0.482 e. The van der Waals surface area contributed by atoms with Gasteiger partial charge in [-0.25, -0.2) is 4.79 Å². The molecule has 0 amide bonds. The van der Waals surface area contributed by atoms with Crippen LogP contribution in [0.4, 0.5) is 0 Å². The van der Waals surface area contributed by atoms with Crippen LogP contribution < -0.4 is 4.74 Å². The van der Waals surface area contributed by atoms with Crippen LogP contribution in [0.25, 0.3) is 0 Å². The van der Waals surface area contributed by atoms with E-state index in [0.717, 1.165) is 11.3 Å². The van der Waals surface area contributed by atoms with Crippen molar-refractivity contribution in [2.75, 3.05) is 6.61 Å². The fourth-order valence-electron chi connectivity index (χ4n) is 1.15. The lowest BCUT2D eigenvalue weighted by Crippen LogP contribution is -2.18. The van der Waals surface area contributed by atoms with E-state index in [0.29, 0.717) is 0 Å². The number of carbonyl (C=O) groups is 1. The maximum absolute atomic E-state index is 11.2. The van der Waals surface area contributed by atoms with E-state index in [-0.39, 0.29) is 18.7 Å². The molecule has 0 aliphatic rings. The van der Waals surface area contributed by atoms with E-state index in [1.165, 1.54) is 0 Å². The second kappa shape index (κ2) is 5.39. The van der Waals surface area contributed by atoms with E-state index in [9.17, 15) is 4.79 Å². The molecule has 0 bridgehead atoms. The molecule has 0 aliphatic heterocycles. The highest BCUT2D eigenvalue weighted by atomic mass is 16.6. The summed E-state index contributed by atoms with van der Waals surface area (Å²) in [6.07, 6.45) is -0.0991. The number of rotatable bonds is 4. The molecule has 1 aromatic rings. The average molecular weight is 208 g/mol. The summed E-state index contributed by atoms with van der Waals surface area (Å²) in [4.78, 5) is 11.2. The summed E-state index contributed by atoms with van der Waals surface area (Å²) in [5.41, 5.74) is 1.01. The Bertz CT molecular complexity index is 331. The fraction of sp³-hybridized carbons (Fsp3) is 0.417. The molecular weight excluding hydrogens is 192 g/mol. The molecule has 0 fully saturated rings. The van der Waals surface area contributed by atoms with Crippen LogP contribution >= 0.6 is 0 Å². The third-order valence-electron chi connectivity index (χ3n) is 1.81. The van der Waals surface area contributed by atoms with Crippen molar-refractivity contribution in [1.82, 2.24) is 0 Å². The second-order valence-electron chi connectivity index (χ2n) is 3.59. The van der Waals surface area contributed by atoms with Gasteiger partial charge in [-0.3, -0.25) is 0 Å². The van der Waals surface area contributed by atoms with Crippen molar-refractivity contribution in [3.63, 3.8) is 0 Å². The summed E-state index contributed by atoms with van der Waals surface area (Å²) in [6, 6.07) is 7.56. The molecule has 1 rings (SSSR count). The first-order valence-corrected chi connectivity index (χ1v) is 4.97. The van der Waals surface area contributed by atoms with Crippen molar-refractivity contribution >= 4 is 5.97 Å². The highest BCUT2D eigenvalue weighted by Gasteiger charge is 2.07. The summed E-state index contributed by atoms with van der Waals surface area (Å²) in [6.45, 7) is 5.52. The fourth-order valence-corrected chi connectivity index (χ4v) is 1.15. The van der Waals surface area contributed by atoms with E-state index in [4.69, 9.17) is 9.47 Å². The van der Waals surface area contributed by atoms with Gasteiger partial charge in [0.25, 0.3) is 0 Å². The first kappa shape index (κ1) is 11.6. The van der Waals surface area contributed by atoms with Crippen molar-refractivity contribution in [3.05, 3.63) is 29.8 Å². The Morgan fingerprint density at radius 3 is 2.60 bits per heavy atom. The molecule has 3 heteroatoms. The van der Waals surface area contributed by atoms with Gasteiger partial charge in [0.15, 0.2) is 6.61 Å². The molecule has 1 aromatic carbocycles. The van der Waals surface area contributed by atoms with Gasteiger partial charge in [0.2, 0.25) is 0 Å². The summed E-state index contributed by atoms with van der Waals surface area (Å²) >= 11 is 0. The number of para-hydroxylation sites is 1. The zero-order chi connectivity index (χ0) is 11.3. The molecular formula is C12H16O3. The van der Waals surface area contributed by atoms with Crippen molar-refractivity contribution < 1.29 is 14.3 Å². The van der Waals surface area contributed by atoms with Gasteiger partial charge in [0.1, 0.15) is 5.75 Å². The third kappa shape index (κ3) is 4.02. The molecule has 15 heavy (non-hydrogen) atoms. The highest BCUT2D eigenvalue weighted by molar-refractivity contribution is 5.71. The SMILES string of the molecule is Cc1ccccc1OCC(=O)OC(C)C. The predicted molar refractivity (Wildman–Crippen MR) is 57.9 cm³/mol. The van der Waals surface area contributed by atoms with Crippen LogP contribution in [-0.2, 0) is 9.53 Å². The summed E-state index contributed by atoms with van der Waals surface area (Å²) in [7, 11) is 0. The molecule has 0 aliphatic carbocycles. The molecule has 0 heterocycles. The van der Waals surface area contributed by atoms with Gasteiger partial charge < -0.3 is 9.47 Å². The Balaban J connectivity index is 2.44. The van der Waals surface area contributed by atoms with Gasteiger partial charge in [-0.1, -0.05) is 18.2 Å². The monoisotopic (exact) mass is 208 g/mol. The molecule has 0 saturated carbocycles. The normalized spacial score (nSPS) is 10.1. The van der Waals surface area contributed by atoms with Crippen molar-refractivity contribution in [2.24, 2.45) is 0 Å². The molecule has 0 unspecified atom stereocenters. The lowest BCUT2D eigenvalue weighted by atomic mass is 10.2. The number of hydrogen-bond donors (Lipinski definition) is 0. The number of benzene rings is 1. The number of hydrogen-bond acceptors (Lipinski definition) is 3. The number of esters is 1. The topological polar surface area (TPSA) is 35.5 Å². The van der Waals surface area contributed by atoms with Gasteiger partial charge in [-0.05, 0) is 32.4 Å². The first-order chi connectivity index (χ1) is 7.09. The molecule has 0 saturated heterocycles. The van der Waals surface area contributed by atoms with E-state index in [1.54, 1.807) is 0 Å². The number of ether oxygens (including phenoxy) is 2. The number of carbonyl (C=O) groups excluding carboxylic acids is 1. The molecule has 0 N–H and O–H groups in total. The molecule has 0 atom stereocenters. The lowest BCUT2D eigenvalue weighted by Gasteiger charge is -2.10. The van der Waals surface area contributed by atoms with E-state index in [2.05, 4.69) is 0 Å². The van der Waals surface area contributed by atoms with Crippen LogP contribution in [0.1, 0.15) is 19.4 Å². The van der Waals surface area contributed by atoms with Gasteiger partial charge >= 0.3 is 5.97 Å². The van der Waals surface area contributed by atoms with Crippen LogP contribution in [0, 0.1) is 6.92 Å². The Labute approximate surface area is 90.0 Å². The third-order valence-corrected chi connectivity index (χ3v) is 1.81. The molecule has 0 aromatic heterocycles. The van der Waals surface area contributed by atoms with Gasteiger partial charge in [-0.2, -0.15) is 0 Å². The predicted octanol–water partition coefficient (Wildman–Crippen LogP) is 2.33. The van der Waals surface area contributed by atoms with Gasteiger partial charge in [-0.15, -0.1) is 0 Å². The zero-order valence-electron chi connectivity index (χ0n) is 9.32. The van der Waals surface area contributed by atoms with Gasteiger partial charge in [0.05, 0.1) is 6.10 Å². The van der Waals surface area contributed by atoms with Crippen molar-refractivity contribution in [1.29, 1.82) is 0 Å². The first-order valence-electron chi connectivity index (χ1n) is 4.97. The molecule has 0 spiro atoms. The minimum atomic E-state index is -0.340. The van der Waals surface area contributed by atoms with E-state index >= 15 is 0 Å². The maximum Gasteiger partial charge on any atom is 0.344 e. The van der Waals surface area contributed by atoms with Gasteiger partial charge in [0, 0.05) is 0 Å². The van der Waals surface area contributed by atoms with E-state index in [1.807, 2.05) is 45.0 Å². The quantitative estimate of drug-likeness (QED) is 0.712. The smallest absolute Gasteiger partial charge is 0.344 e. The Morgan fingerprint density at radius 2 is 2.00 bits per heavy atom. The molecule has 3 nitrogen and oxygen atoms in total. The average Bonchev–Trinajstić information content (AvgIpc) is 2.15.